The number of carbonyl (C=O) groups excluding carboxylic acids is 1. The fourth-order valence-electron chi connectivity index (χ4n) is 3.85. The second-order valence-electron chi connectivity index (χ2n) is 7.55. The molecule has 0 aromatic carbocycles. The number of hydrogen-bond donors (Lipinski definition) is 1. The Morgan fingerprint density at radius 1 is 1.28 bits per heavy atom. The Morgan fingerprint density at radius 3 is 2.59 bits per heavy atom. The number of piperazine rings is 1. The molecule has 1 aromatic heterocycles. The van der Waals surface area contributed by atoms with Crippen LogP contribution in [0.15, 0.2) is 11.1 Å². The Morgan fingerprint density at radius 2 is 2.00 bits per heavy atom. The van der Waals surface area contributed by atoms with Gasteiger partial charge in [0.05, 0.1) is 5.69 Å². The normalized spacial score (nSPS) is 20.0. The third kappa shape index (κ3) is 6.56. The first kappa shape index (κ1) is 23.9. The van der Waals surface area contributed by atoms with Gasteiger partial charge in [0.2, 0.25) is 0 Å². The lowest BCUT2D eigenvalue weighted by molar-refractivity contribution is -0.142. The molecule has 0 radical (unpaired) electrons. The van der Waals surface area contributed by atoms with Crippen LogP contribution < -0.4 is 5.32 Å². The van der Waals surface area contributed by atoms with Crippen LogP contribution >= 0.6 is 24.0 Å². The smallest absolute Gasteiger partial charge is 0.251 e. The van der Waals surface area contributed by atoms with Crippen molar-refractivity contribution in [2.24, 2.45) is 4.99 Å². The highest BCUT2D eigenvalue weighted by Gasteiger charge is 2.30. The molecule has 1 amide bonds. The highest BCUT2D eigenvalue weighted by atomic mass is 127. The first-order valence-electron chi connectivity index (χ1n) is 10.5. The minimum Gasteiger partial charge on any atom is -0.368 e. The van der Waals surface area contributed by atoms with Gasteiger partial charge in [0.25, 0.3) is 5.91 Å². The second-order valence-corrected chi connectivity index (χ2v) is 7.55. The number of ether oxygens (including phenoxy) is 1. The lowest BCUT2D eigenvalue weighted by Crippen LogP contribution is -2.55. The summed E-state index contributed by atoms with van der Waals surface area (Å²) < 4.78 is 7.59. The van der Waals surface area contributed by atoms with Crippen LogP contribution in [0.5, 0.6) is 0 Å². The standard InChI is InChI=1S/C20H34N6O2.HI/c1-4-21-20(22-8-6-9-26-17(3)15-16(2)23-26)25-12-10-24(11-13-25)19(27)18-7-5-14-28-18;/h15,18H,4-14H2,1-3H3,(H,21,22);1H. The Balaban J connectivity index is 0.00000300. The number of aliphatic imine (C=N–C) groups is 1. The lowest BCUT2D eigenvalue weighted by Gasteiger charge is -2.37. The van der Waals surface area contributed by atoms with E-state index in [0.717, 1.165) is 76.7 Å². The zero-order chi connectivity index (χ0) is 19.9. The number of amides is 1. The fraction of sp³-hybridized carbons (Fsp3) is 0.750. The SMILES string of the molecule is CCNC(=NCCCn1nc(C)cc1C)N1CCN(C(=O)C2CCCO2)CC1.I. The molecular weight excluding hydrogens is 483 g/mol. The topological polar surface area (TPSA) is 75.0 Å². The predicted octanol–water partition coefficient (Wildman–Crippen LogP) is 1.80. The molecule has 2 aliphatic rings. The molecule has 0 aliphatic carbocycles. The summed E-state index contributed by atoms with van der Waals surface area (Å²) in [6.45, 7) is 12.5. The molecule has 2 saturated heterocycles. The van der Waals surface area contributed by atoms with E-state index in [1.54, 1.807) is 0 Å². The van der Waals surface area contributed by atoms with E-state index in [4.69, 9.17) is 9.73 Å². The van der Waals surface area contributed by atoms with Crippen LogP contribution in [0.25, 0.3) is 0 Å². The molecule has 1 unspecified atom stereocenters. The second kappa shape index (κ2) is 11.7. The Kier molecular flexibility index (Phi) is 9.67. The van der Waals surface area contributed by atoms with Gasteiger partial charge in [-0.15, -0.1) is 24.0 Å². The maximum absolute atomic E-state index is 12.5. The quantitative estimate of drug-likeness (QED) is 0.269. The summed E-state index contributed by atoms with van der Waals surface area (Å²) in [5, 5.41) is 7.90. The number of carbonyl (C=O) groups is 1. The third-order valence-electron chi connectivity index (χ3n) is 5.32. The van der Waals surface area contributed by atoms with Crippen LogP contribution in [-0.4, -0.2) is 83.4 Å². The van der Waals surface area contributed by atoms with Crippen molar-refractivity contribution >= 4 is 35.8 Å². The van der Waals surface area contributed by atoms with E-state index >= 15 is 0 Å². The third-order valence-corrected chi connectivity index (χ3v) is 5.32. The minimum absolute atomic E-state index is 0. The van der Waals surface area contributed by atoms with Gasteiger partial charge in [-0.25, -0.2) is 0 Å². The molecule has 1 N–H and O–H groups in total. The van der Waals surface area contributed by atoms with E-state index < -0.39 is 0 Å². The van der Waals surface area contributed by atoms with Crippen LogP contribution in [0, 0.1) is 13.8 Å². The highest BCUT2D eigenvalue weighted by molar-refractivity contribution is 14.0. The van der Waals surface area contributed by atoms with Crippen molar-refractivity contribution in [3.05, 3.63) is 17.5 Å². The zero-order valence-corrected chi connectivity index (χ0v) is 20.2. The number of aromatic nitrogens is 2. The van der Waals surface area contributed by atoms with Gasteiger partial charge in [-0.1, -0.05) is 0 Å². The number of hydrogen-bond acceptors (Lipinski definition) is 4. The Hall–Kier alpha value is -1.36. The minimum atomic E-state index is -0.220. The molecule has 164 valence electrons. The van der Waals surface area contributed by atoms with Crippen molar-refractivity contribution in [3.8, 4) is 0 Å². The molecule has 3 heterocycles. The maximum atomic E-state index is 12.5. The van der Waals surface area contributed by atoms with Gasteiger partial charge in [0.1, 0.15) is 6.10 Å². The van der Waals surface area contributed by atoms with Gasteiger partial charge in [-0.05, 0) is 46.1 Å². The van der Waals surface area contributed by atoms with Gasteiger partial charge in [-0.2, -0.15) is 5.10 Å². The van der Waals surface area contributed by atoms with Crippen LogP contribution in [0.4, 0.5) is 0 Å². The molecule has 29 heavy (non-hydrogen) atoms. The van der Waals surface area contributed by atoms with Gasteiger partial charge < -0.3 is 19.9 Å². The molecule has 8 nitrogen and oxygen atoms in total. The number of nitrogens with one attached hydrogen (secondary N) is 1. The highest BCUT2D eigenvalue weighted by Crippen LogP contribution is 2.16. The van der Waals surface area contributed by atoms with Gasteiger partial charge in [0.15, 0.2) is 5.96 Å². The van der Waals surface area contributed by atoms with Crippen molar-refractivity contribution in [1.82, 2.24) is 24.9 Å². The van der Waals surface area contributed by atoms with Gasteiger partial charge in [-0.3, -0.25) is 14.5 Å². The summed E-state index contributed by atoms with van der Waals surface area (Å²) in [6, 6.07) is 2.10. The molecule has 2 fully saturated rings. The van der Waals surface area contributed by atoms with Crippen molar-refractivity contribution in [2.45, 2.75) is 52.7 Å². The largest absolute Gasteiger partial charge is 0.368 e. The number of nitrogens with zero attached hydrogens (tertiary/aromatic N) is 5. The summed E-state index contributed by atoms with van der Waals surface area (Å²) in [4.78, 5) is 21.5. The summed E-state index contributed by atoms with van der Waals surface area (Å²) in [6.07, 6.45) is 2.58. The summed E-state index contributed by atoms with van der Waals surface area (Å²) in [5.74, 6) is 1.10. The molecule has 0 bridgehead atoms. The van der Waals surface area contributed by atoms with Crippen LogP contribution in [0.3, 0.4) is 0 Å². The molecule has 9 heteroatoms. The molecule has 0 saturated carbocycles. The number of rotatable bonds is 6. The van der Waals surface area contributed by atoms with Crippen molar-refractivity contribution in [1.29, 1.82) is 0 Å². The number of guanidine groups is 1. The molecule has 0 spiro atoms. The molecule has 2 aliphatic heterocycles. The van der Waals surface area contributed by atoms with E-state index in [-0.39, 0.29) is 36.0 Å². The van der Waals surface area contributed by atoms with E-state index in [2.05, 4.69) is 35.2 Å². The Labute approximate surface area is 191 Å². The zero-order valence-electron chi connectivity index (χ0n) is 17.9. The van der Waals surface area contributed by atoms with Crippen molar-refractivity contribution in [2.75, 3.05) is 45.9 Å². The number of halogens is 1. The average Bonchev–Trinajstić information content (AvgIpc) is 3.33. The van der Waals surface area contributed by atoms with E-state index in [0.29, 0.717) is 6.61 Å². The van der Waals surface area contributed by atoms with Gasteiger partial charge >= 0.3 is 0 Å². The van der Waals surface area contributed by atoms with E-state index in [1.807, 2.05) is 16.5 Å². The molecule has 1 atom stereocenters. The van der Waals surface area contributed by atoms with Crippen molar-refractivity contribution < 1.29 is 9.53 Å². The first-order chi connectivity index (χ1) is 13.6. The molecule has 3 rings (SSSR count). The maximum Gasteiger partial charge on any atom is 0.251 e. The summed E-state index contributed by atoms with van der Waals surface area (Å²) >= 11 is 0. The van der Waals surface area contributed by atoms with Gasteiger partial charge in [0, 0.05) is 58.1 Å². The number of aryl methyl sites for hydroxylation is 3. The van der Waals surface area contributed by atoms with Crippen molar-refractivity contribution in [3.63, 3.8) is 0 Å². The summed E-state index contributed by atoms with van der Waals surface area (Å²) in [7, 11) is 0. The van der Waals surface area contributed by atoms with E-state index in [9.17, 15) is 4.79 Å². The Bertz CT molecular complexity index is 679. The summed E-state index contributed by atoms with van der Waals surface area (Å²) in [5.41, 5.74) is 2.25. The monoisotopic (exact) mass is 518 g/mol. The molecular formula is C20H35IN6O2. The predicted molar refractivity (Wildman–Crippen MR) is 125 cm³/mol. The van der Waals surface area contributed by atoms with Crippen LogP contribution in [0.1, 0.15) is 37.6 Å². The van der Waals surface area contributed by atoms with Crippen LogP contribution in [-0.2, 0) is 16.1 Å². The van der Waals surface area contributed by atoms with Crippen LogP contribution in [0.2, 0.25) is 0 Å². The fourth-order valence-corrected chi connectivity index (χ4v) is 3.85. The molecule has 1 aromatic rings. The average molecular weight is 518 g/mol. The lowest BCUT2D eigenvalue weighted by atomic mass is 10.2. The van der Waals surface area contributed by atoms with E-state index in [1.165, 1.54) is 5.69 Å². The first-order valence-corrected chi connectivity index (χ1v) is 10.5.